The average molecular weight is 571 g/mol. The number of aromatic nitrogens is 4. The minimum Gasteiger partial charge on any atom is -0.488 e. The summed E-state index contributed by atoms with van der Waals surface area (Å²) < 4.78 is 6.12. The Kier molecular flexibility index (Phi) is 7.55. The Bertz CT molecular complexity index is 1390. The fraction of sp³-hybridized carbons (Fsp3) is 0.333. The highest BCUT2D eigenvalue weighted by molar-refractivity contribution is 8.01. The highest BCUT2D eigenvalue weighted by atomic mass is 32.2. The summed E-state index contributed by atoms with van der Waals surface area (Å²) in [4.78, 5) is 62.4. The lowest BCUT2D eigenvalue weighted by Gasteiger charge is -2.49. The van der Waals surface area contributed by atoms with Crippen LogP contribution in [0.25, 0.3) is 0 Å². The van der Waals surface area contributed by atoms with Gasteiger partial charge in [-0.3, -0.25) is 19.3 Å². The molecule has 16 nitrogen and oxygen atoms in total. The van der Waals surface area contributed by atoms with Gasteiger partial charge in [-0.1, -0.05) is 16.9 Å². The Labute approximate surface area is 219 Å². The SMILES string of the molecule is CO/N=C(\C(=O)N[C@@H]1C(=O)N2C(OC(=O)O)=C(CSc3nc(=O)c(O)nn3C)CS[C@H]12)c1csc(N)n1. The maximum Gasteiger partial charge on any atom is 0.512 e. The van der Waals surface area contributed by atoms with Gasteiger partial charge in [0.2, 0.25) is 5.88 Å². The molecule has 2 aliphatic heterocycles. The predicted octanol–water partition coefficient (Wildman–Crippen LogP) is -0.631. The van der Waals surface area contributed by atoms with Crippen molar-refractivity contribution in [1.82, 2.24) is 30.0 Å². The van der Waals surface area contributed by atoms with E-state index in [2.05, 4.69) is 25.5 Å². The predicted molar refractivity (Wildman–Crippen MR) is 131 cm³/mol. The number of nitrogen functional groups attached to an aromatic ring is 1. The van der Waals surface area contributed by atoms with E-state index in [-0.39, 0.29) is 39.1 Å². The molecule has 0 radical (unpaired) electrons. The smallest absolute Gasteiger partial charge is 0.488 e. The van der Waals surface area contributed by atoms with Crippen molar-refractivity contribution >= 4 is 63.7 Å². The van der Waals surface area contributed by atoms with Crippen LogP contribution in [-0.2, 0) is 26.2 Å². The summed E-state index contributed by atoms with van der Waals surface area (Å²) in [7, 11) is 2.72. The molecule has 0 bridgehead atoms. The summed E-state index contributed by atoms with van der Waals surface area (Å²) in [6, 6.07) is -0.999. The first-order valence-corrected chi connectivity index (χ1v) is 13.0. The second kappa shape index (κ2) is 10.6. The maximum absolute atomic E-state index is 13.0. The van der Waals surface area contributed by atoms with Crippen LogP contribution >= 0.6 is 34.9 Å². The van der Waals surface area contributed by atoms with Gasteiger partial charge in [-0.25, -0.2) is 14.5 Å². The Morgan fingerprint density at radius 2 is 2.14 bits per heavy atom. The Morgan fingerprint density at radius 3 is 2.78 bits per heavy atom. The third-order valence-electron chi connectivity index (χ3n) is 4.91. The zero-order valence-corrected chi connectivity index (χ0v) is 21.4. The van der Waals surface area contributed by atoms with E-state index < -0.39 is 40.8 Å². The second-order valence-electron chi connectivity index (χ2n) is 7.27. The van der Waals surface area contributed by atoms with Crippen LogP contribution in [0.4, 0.5) is 9.93 Å². The van der Waals surface area contributed by atoms with E-state index in [9.17, 15) is 29.4 Å². The number of hydrogen-bond acceptors (Lipinski definition) is 15. The monoisotopic (exact) mass is 570 g/mol. The summed E-state index contributed by atoms with van der Waals surface area (Å²) in [5.41, 5.74) is 5.14. The summed E-state index contributed by atoms with van der Waals surface area (Å²) in [6.45, 7) is 0. The number of nitrogens with two attached hydrogens (primary N) is 1. The molecule has 1 fully saturated rings. The lowest BCUT2D eigenvalue weighted by molar-refractivity contribution is -0.148. The molecule has 0 unspecified atom stereocenters. The molecule has 19 heteroatoms. The van der Waals surface area contributed by atoms with Gasteiger partial charge >= 0.3 is 11.7 Å². The molecule has 5 N–H and O–H groups in total. The van der Waals surface area contributed by atoms with Crippen LogP contribution in [0, 0.1) is 0 Å². The lowest BCUT2D eigenvalue weighted by Crippen LogP contribution is -2.70. The molecule has 2 amide bonds. The van der Waals surface area contributed by atoms with Crippen LogP contribution in [0.15, 0.2) is 31.9 Å². The molecule has 0 saturated carbocycles. The number of carboxylic acid groups (broad SMARTS) is 1. The molecule has 2 aromatic rings. The van der Waals surface area contributed by atoms with Crippen LogP contribution in [0.2, 0.25) is 0 Å². The highest BCUT2D eigenvalue weighted by Crippen LogP contribution is 2.41. The van der Waals surface area contributed by atoms with Gasteiger partial charge in [-0.05, 0) is 0 Å². The van der Waals surface area contributed by atoms with Gasteiger partial charge in [-0.2, -0.15) is 4.98 Å². The zero-order chi connectivity index (χ0) is 26.9. The fourth-order valence-corrected chi connectivity index (χ4v) is 6.23. The van der Waals surface area contributed by atoms with Crippen LogP contribution in [0.1, 0.15) is 5.69 Å². The first-order valence-electron chi connectivity index (χ1n) is 10.1. The number of anilines is 1. The summed E-state index contributed by atoms with van der Waals surface area (Å²) in [5, 5.41) is 29.8. The quantitative estimate of drug-likeness (QED) is 0.102. The Balaban J connectivity index is 1.52. The molecular formula is C18H18N8O8S3. The molecule has 1 saturated heterocycles. The van der Waals surface area contributed by atoms with Crippen LogP contribution in [-0.4, -0.2) is 88.6 Å². The summed E-state index contributed by atoms with van der Waals surface area (Å²) in [6.07, 6.45) is -1.63. The van der Waals surface area contributed by atoms with Crippen molar-refractivity contribution in [3.8, 4) is 5.88 Å². The number of nitrogens with zero attached hydrogens (tertiary/aromatic N) is 6. The first kappa shape index (κ1) is 26.2. The van der Waals surface area contributed by atoms with Gasteiger partial charge in [-0.15, -0.1) is 28.2 Å². The Hall–Kier alpha value is -3.84. The van der Waals surface area contributed by atoms with Gasteiger partial charge in [0.15, 0.2) is 16.0 Å². The number of nitrogens with one attached hydrogen (secondary N) is 1. The van der Waals surface area contributed by atoms with E-state index in [4.69, 9.17) is 15.3 Å². The number of aryl methyl sites for hydroxylation is 1. The van der Waals surface area contributed by atoms with Crippen molar-refractivity contribution in [1.29, 1.82) is 0 Å². The van der Waals surface area contributed by atoms with Crippen molar-refractivity contribution in [2.24, 2.45) is 12.2 Å². The van der Waals surface area contributed by atoms with Crippen molar-refractivity contribution in [2.75, 3.05) is 24.3 Å². The minimum absolute atomic E-state index is 0.103. The van der Waals surface area contributed by atoms with E-state index in [1.54, 1.807) is 0 Å². The van der Waals surface area contributed by atoms with Gasteiger partial charge in [0.25, 0.3) is 17.7 Å². The number of carbonyl (C=O) groups excluding carboxylic acids is 2. The number of oxime groups is 1. The molecule has 37 heavy (non-hydrogen) atoms. The van der Waals surface area contributed by atoms with E-state index in [0.717, 1.165) is 28.0 Å². The number of thiazole rings is 1. The number of amides is 2. The molecule has 2 aliphatic rings. The molecule has 196 valence electrons. The van der Waals surface area contributed by atoms with Gasteiger partial charge < -0.3 is 30.8 Å². The van der Waals surface area contributed by atoms with Crippen LogP contribution < -0.4 is 16.6 Å². The van der Waals surface area contributed by atoms with E-state index in [1.165, 1.54) is 36.0 Å². The number of rotatable bonds is 8. The molecule has 2 aromatic heterocycles. The van der Waals surface area contributed by atoms with E-state index in [1.807, 2.05) is 0 Å². The summed E-state index contributed by atoms with van der Waals surface area (Å²) >= 11 is 3.41. The molecule has 0 aromatic carbocycles. The summed E-state index contributed by atoms with van der Waals surface area (Å²) in [5.74, 6) is -1.93. The fourth-order valence-electron chi connectivity index (χ4n) is 3.33. The third-order valence-corrected chi connectivity index (χ3v) is 8.03. The number of carbonyl (C=O) groups is 3. The van der Waals surface area contributed by atoms with Crippen LogP contribution in [0.5, 0.6) is 5.88 Å². The van der Waals surface area contributed by atoms with Crippen molar-refractivity contribution in [3.63, 3.8) is 0 Å². The van der Waals surface area contributed by atoms with Crippen molar-refractivity contribution in [3.05, 3.63) is 32.9 Å². The molecular weight excluding hydrogens is 552 g/mol. The lowest BCUT2D eigenvalue weighted by atomic mass is 10.1. The largest absolute Gasteiger partial charge is 0.512 e. The van der Waals surface area contributed by atoms with E-state index in [0.29, 0.717) is 5.57 Å². The maximum atomic E-state index is 13.0. The number of ether oxygens (including phenoxy) is 1. The number of thioether (sulfide) groups is 2. The Morgan fingerprint density at radius 1 is 1.38 bits per heavy atom. The van der Waals surface area contributed by atoms with E-state index >= 15 is 0 Å². The highest BCUT2D eigenvalue weighted by Gasteiger charge is 2.54. The molecule has 0 spiro atoms. The average Bonchev–Trinajstić information content (AvgIpc) is 3.27. The molecule has 0 aliphatic carbocycles. The van der Waals surface area contributed by atoms with Gasteiger partial charge in [0.05, 0.1) is 0 Å². The van der Waals surface area contributed by atoms with Crippen molar-refractivity contribution < 1.29 is 34.2 Å². The number of β-lactam (4-membered cyclic amide) rings is 1. The van der Waals surface area contributed by atoms with Gasteiger partial charge in [0.1, 0.15) is 24.2 Å². The van der Waals surface area contributed by atoms with Crippen molar-refractivity contribution in [2.45, 2.75) is 16.6 Å². The second-order valence-corrected chi connectivity index (χ2v) is 10.2. The standard InChI is InChI=1S/C18H18N8O8S3/c1-25-17(22-11(28)12(29)23-25)37-4-6-3-35-15-9(13(30)26(15)14(6)34-18(31)32)21-10(27)8(24-33-2)7-5-36-16(19)20-7/h5,9,15H,3-4H2,1-2H3,(H2,19,20)(H,21,27)(H,23,29)(H,31,32)/b24-8-/t9-,15-/m1/s1. The minimum atomic E-state index is -1.63. The third kappa shape index (κ3) is 5.32. The van der Waals surface area contributed by atoms with Gasteiger partial charge in [0, 0.05) is 29.5 Å². The molecule has 4 heterocycles. The number of hydrogen-bond donors (Lipinski definition) is 4. The number of fused-ring (bicyclic) bond motifs is 1. The normalized spacial score (nSPS) is 19.2. The topological polar surface area (TPSA) is 224 Å². The molecule has 4 rings (SSSR count). The molecule has 2 atom stereocenters. The first-order chi connectivity index (χ1) is 17.6. The number of aromatic hydroxyl groups is 1. The van der Waals surface area contributed by atoms with Crippen LogP contribution in [0.3, 0.4) is 0 Å². The zero-order valence-electron chi connectivity index (χ0n) is 19.0.